The van der Waals surface area contributed by atoms with Crippen molar-refractivity contribution in [3.63, 3.8) is 0 Å². The maximum Gasteiger partial charge on any atom is 0.250 e. The van der Waals surface area contributed by atoms with Gasteiger partial charge in [0, 0.05) is 17.8 Å². The van der Waals surface area contributed by atoms with E-state index in [9.17, 15) is 4.79 Å². The lowest BCUT2D eigenvalue weighted by Crippen LogP contribution is -2.13. The van der Waals surface area contributed by atoms with E-state index in [2.05, 4.69) is 4.57 Å². The molecule has 2 N–H and O–H groups in total. The Morgan fingerprint density at radius 3 is 2.06 bits per heavy atom. The monoisotopic (exact) mass is 424 g/mol. The molecule has 0 saturated carbocycles. The Labute approximate surface area is 182 Å². The Hall–Kier alpha value is -3.61. The zero-order valence-electron chi connectivity index (χ0n) is 18.5. The Morgan fingerprint density at radius 2 is 1.48 bits per heavy atom. The van der Waals surface area contributed by atoms with Gasteiger partial charge in [0.15, 0.2) is 0 Å². The quantitative estimate of drug-likeness (QED) is 0.564. The van der Waals surface area contributed by atoms with Crippen molar-refractivity contribution in [2.45, 2.75) is 19.9 Å². The molecule has 0 aliphatic carbocycles. The van der Waals surface area contributed by atoms with Crippen LogP contribution in [0.4, 0.5) is 0 Å². The van der Waals surface area contributed by atoms with E-state index in [1.807, 2.05) is 43.3 Å². The molecule has 0 saturated heterocycles. The van der Waals surface area contributed by atoms with Gasteiger partial charge in [-0.25, -0.2) is 0 Å². The summed E-state index contributed by atoms with van der Waals surface area (Å²) in [5, 5.41) is 0. The Bertz CT molecular complexity index is 1090. The molecule has 0 spiro atoms. The van der Waals surface area contributed by atoms with Crippen molar-refractivity contribution in [2.24, 2.45) is 5.73 Å². The molecule has 0 unspecified atom stereocenters. The predicted octanol–water partition coefficient (Wildman–Crippen LogP) is 3.84. The number of hydrogen-bond donors (Lipinski definition) is 1. The predicted molar refractivity (Wildman–Crippen MR) is 119 cm³/mol. The second kappa shape index (κ2) is 9.47. The van der Waals surface area contributed by atoms with Crippen LogP contribution >= 0.6 is 0 Å². The molecular formula is C24H28N2O5. The number of rotatable bonds is 9. The van der Waals surface area contributed by atoms with Crippen LogP contribution in [-0.4, -0.2) is 38.9 Å². The molecule has 1 aromatic heterocycles. The van der Waals surface area contributed by atoms with Gasteiger partial charge in [-0.15, -0.1) is 0 Å². The van der Waals surface area contributed by atoms with Crippen LogP contribution in [0.25, 0.3) is 11.3 Å². The molecule has 3 rings (SSSR count). The van der Waals surface area contributed by atoms with E-state index >= 15 is 0 Å². The van der Waals surface area contributed by atoms with Gasteiger partial charge in [-0.3, -0.25) is 4.79 Å². The molecule has 0 fully saturated rings. The number of aromatic nitrogens is 1. The van der Waals surface area contributed by atoms with Crippen LogP contribution in [0, 0.1) is 6.92 Å². The minimum atomic E-state index is -0.474. The van der Waals surface area contributed by atoms with Crippen LogP contribution in [-0.2, 0) is 13.0 Å². The van der Waals surface area contributed by atoms with Crippen LogP contribution in [0.2, 0.25) is 0 Å². The normalized spacial score (nSPS) is 10.6. The van der Waals surface area contributed by atoms with Crippen LogP contribution in [0.15, 0.2) is 42.5 Å². The van der Waals surface area contributed by atoms with Crippen LogP contribution < -0.4 is 24.7 Å². The molecule has 31 heavy (non-hydrogen) atoms. The number of amides is 1. The summed E-state index contributed by atoms with van der Waals surface area (Å²) in [5.41, 5.74) is 9.54. The number of ether oxygens (including phenoxy) is 4. The van der Waals surface area contributed by atoms with E-state index in [1.54, 1.807) is 34.5 Å². The Morgan fingerprint density at radius 1 is 0.871 bits per heavy atom. The van der Waals surface area contributed by atoms with Gasteiger partial charge in [0.05, 0.1) is 39.7 Å². The Balaban J connectivity index is 2.09. The van der Waals surface area contributed by atoms with Crippen molar-refractivity contribution >= 4 is 5.91 Å². The summed E-state index contributed by atoms with van der Waals surface area (Å²) in [4.78, 5) is 12.1. The first-order chi connectivity index (χ1) is 14.9. The lowest BCUT2D eigenvalue weighted by molar-refractivity contribution is 0.0999. The lowest BCUT2D eigenvalue weighted by Gasteiger charge is -2.16. The summed E-state index contributed by atoms with van der Waals surface area (Å²) in [5.74, 6) is 2.43. The van der Waals surface area contributed by atoms with E-state index in [1.165, 1.54) is 0 Å². The number of primary amides is 1. The third-order valence-corrected chi connectivity index (χ3v) is 5.41. The van der Waals surface area contributed by atoms with E-state index in [0.29, 0.717) is 30.0 Å². The topological polar surface area (TPSA) is 84.9 Å². The summed E-state index contributed by atoms with van der Waals surface area (Å²) in [6.45, 7) is 2.48. The first kappa shape index (κ1) is 22.1. The number of nitrogens with zero attached hydrogens (tertiary/aromatic N) is 1. The average molecular weight is 424 g/mol. The molecule has 3 aromatic rings. The molecular weight excluding hydrogens is 396 g/mol. The highest BCUT2D eigenvalue weighted by Crippen LogP contribution is 2.36. The van der Waals surface area contributed by atoms with E-state index in [4.69, 9.17) is 24.7 Å². The zero-order valence-corrected chi connectivity index (χ0v) is 18.5. The second-order valence-corrected chi connectivity index (χ2v) is 7.04. The van der Waals surface area contributed by atoms with Gasteiger partial charge in [-0.05, 0) is 61.4 Å². The van der Waals surface area contributed by atoms with Gasteiger partial charge in [0.25, 0.3) is 5.91 Å². The van der Waals surface area contributed by atoms with Gasteiger partial charge < -0.3 is 29.2 Å². The maximum absolute atomic E-state index is 12.1. The minimum Gasteiger partial charge on any atom is -0.497 e. The fourth-order valence-electron chi connectivity index (χ4n) is 3.73. The number of aryl methyl sites for hydroxylation is 1. The highest BCUT2D eigenvalue weighted by atomic mass is 16.5. The molecule has 0 bridgehead atoms. The minimum absolute atomic E-state index is 0.470. The number of methoxy groups -OCH3 is 4. The van der Waals surface area contributed by atoms with Crippen molar-refractivity contribution in [2.75, 3.05) is 28.4 Å². The van der Waals surface area contributed by atoms with Crippen molar-refractivity contribution < 1.29 is 23.7 Å². The highest BCUT2D eigenvalue weighted by Gasteiger charge is 2.20. The van der Waals surface area contributed by atoms with Crippen molar-refractivity contribution in [3.05, 3.63) is 59.3 Å². The van der Waals surface area contributed by atoms with Crippen molar-refractivity contribution in [1.82, 2.24) is 4.57 Å². The summed E-state index contributed by atoms with van der Waals surface area (Å²) in [6.07, 6.45) is 0.660. The molecule has 0 radical (unpaired) electrons. The third kappa shape index (κ3) is 4.45. The molecule has 164 valence electrons. The number of hydrogen-bond acceptors (Lipinski definition) is 5. The third-order valence-electron chi connectivity index (χ3n) is 5.41. The summed E-state index contributed by atoms with van der Waals surface area (Å²) in [7, 11) is 6.50. The average Bonchev–Trinajstić information content (AvgIpc) is 3.13. The fourth-order valence-corrected chi connectivity index (χ4v) is 3.73. The standard InChI is InChI=1S/C24H28N2O5/c1-15-19(24(25)27)14-21(20-13-18(29-3)7-9-23(20)31-5)26(15)11-10-16-12-17(28-2)6-8-22(16)30-4/h6-9,12-14H,10-11H2,1-5H3,(H2,25,27). The summed E-state index contributed by atoms with van der Waals surface area (Å²) < 4.78 is 23.9. The molecule has 0 aliphatic rings. The molecule has 7 heteroatoms. The van der Waals surface area contributed by atoms with Gasteiger partial charge in [0.1, 0.15) is 23.0 Å². The van der Waals surface area contributed by atoms with Gasteiger partial charge in [-0.1, -0.05) is 0 Å². The smallest absolute Gasteiger partial charge is 0.250 e. The SMILES string of the molecule is COc1ccc(OC)c(CCn2c(-c3cc(OC)ccc3OC)cc(C(N)=O)c2C)c1. The van der Waals surface area contributed by atoms with Crippen molar-refractivity contribution in [1.29, 1.82) is 0 Å². The molecule has 1 amide bonds. The van der Waals surface area contributed by atoms with Crippen LogP contribution in [0.1, 0.15) is 21.6 Å². The van der Waals surface area contributed by atoms with Gasteiger partial charge in [-0.2, -0.15) is 0 Å². The highest BCUT2D eigenvalue weighted by molar-refractivity contribution is 5.96. The zero-order chi connectivity index (χ0) is 22.5. The van der Waals surface area contributed by atoms with Gasteiger partial charge >= 0.3 is 0 Å². The summed E-state index contributed by atoms with van der Waals surface area (Å²) >= 11 is 0. The van der Waals surface area contributed by atoms with Crippen LogP contribution in [0.5, 0.6) is 23.0 Å². The van der Waals surface area contributed by atoms with E-state index in [-0.39, 0.29) is 0 Å². The molecule has 0 atom stereocenters. The fraction of sp³-hybridized carbons (Fsp3) is 0.292. The van der Waals surface area contributed by atoms with Crippen LogP contribution in [0.3, 0.4) is 0 Å². The Kier molecular flexibility index (Phi) is 6.74. The second-order valence-electron chi connectivity index (χ2n) is 7.04. The number of nitrogens with two attached hydrogens (primary N) is 1. The lowest BCUT2D eigenvalue weighted by atomic mass is 10.1. The number of carbonyl (C=O) groups excluding carboxylic acids is 1. The number of benzene rings is 2. The first-order valence-corrected chi connectivity index (χ1v) is 9.86. The van der Waals surface area contributed by atoms with Crippen molar-refractivity contribution in [3.8, 4) is 34.3 Å². The maximum atomic E-state index is 12.1. The first-order valence-electron chi connectivity index (χ1n) is 9.86. The van der Waals surface area contributed by atoms with E-state index in [0.717, 1.165) is 34.0 Å². The number of carbonyl (C=O) groups is 1. The molecule has 2 aromatic carbocycles. The molecule has 0 aliphatic heterocycles. The largest absolute Gasteiger partial charge is 0.497 e. The summed E-state index contributed by atoms with van der Waals surface area (Å²) in [6, 6.07) is 13.1. The molecule has 7 nitrogen and oxygen atoms in total. The van der Waals surface area contributed by atoms with E-state index < -0.39 is 5.91 Å². The van der Waals surface area contributed by atoms with Gasteiger partial charge in [0.2, 0.25) is 0 Å². The molecule has 1 heterocycles.